The van der Waals surface area contributed by atoms with Gasteiger partial charge < -0.3 is 10.5 Å². The van der Waals surface area contributed by atoms with E-state index in [1.54, 1.807) is 13.8 Å². The third-order valence-electron chi connectivity index (χ3n) is 2.72. The number of sulfonamides is 1. The number of nitrogen functional groups attached to an aromatic ring is 1. The minimum atomic E-state index is -3.85. The highest BCUT2D eigenvalue weighted by Crippen LogP contribution is 2.27. The highest BCUT2D eigenvalue weighted by Gasteiger charge is 2.24. The average molecular weight is 321 g/mol. The van der Waals surface area contributed by atoms with Crippen molar-refractivity contribution in [3.05, 3.63) is 22.7 Å². The Balaban J connectivity index is 3.07. The van der Waals surface area contributed by atoms with Gasteiger partial charge in [0, 0.05) is 17.8 Å². The third-order valence-corrected chi connectivity index (χ3v) is 4.90. The first kappa shape index (κ1) is 16.7. The standard InChI is InChI=1S/C12H17ClN2O4S/c1-4-19-12(16)7-15(3)20(17,18)9-5-10(13)8(2)11(14)6-9/h5-6H,4,7,14H2,1-3H3. The molecule has 2 N–H and O–H groups in total. The lowest BCUT2D eigenvalue weighted by atomic mass is 10.2. The summed E-state index contributed by atoms with van der Waals surface area (Å²) in [7, 11) is -2.56. The number of rotatable bonds is 5. The summed E-state index contributed by atoms with van der Waals surface area (Å²) in [5.41, 5.74) is 6.60. The molecule has 0 fully saturated rings. The monoisotopic (exact) mass is 320 g/mol. The zero-order chi connectivity index (χ0) is 15.5. The van der Waals surface area contributed by atoms with Gasteiger partial charge in [-0.25, -0.2) is 8.42 Å². The van der Waals surface area contributed by atoms with Crippen molar-refractivity contribution in [2.45, 2.75) is 18.7 Å². The van der Waals surface area contributed by atoms with Crippen molar-refractivity contribution >= 4 is 33.3 Å². The number of carbonyl (C=O) groups excluding carboxylic acids is 1. The Morgan fingerprint density at radius 3 is 2.55 bits per heavy atom. The van der Waals surface area contributed by atoms with E-state index in [0.717, 1.165) is 4.31 Å². The molecule has 8 heteroatoms. The fraction of sp³-hybridized carbons (Fsp3) is 0.417. The molecule has 0 saturated carbocycles. The van der Waals surface area contributed by atoms with Crippen molar-refractivity contribution in [1.29, 1.82) is 0 Å². The molecule has 0 saturated heterocycles. The number of esters is 1. The number of nitrogens with zero attached hydrogens (tertiary/aromatic N) is 1. The lowest BCUT2D eigenvalue weighted by Crippen LogP contribution is -2.33. The van der Waals surface area contributed by atoms with Crippen LogP contribution in [-0.2, 0) is 19.6 Å². The van der Waals surface area contributed by atoms with Gasteiger partial charge in [-0.15, -0.1) is 0 Å². The molecule has 0 radical (unpaired) electrons. The Kier molecular flexibility index (Phi) is 5.38. The number of carbonyl (C=O) groups is 1. The van der Waals surface area contributed by atoms with Crippen LogP contribution in [0.25, 0.3) is 0 Å². The van der Waals surface area contributed by atoms with Crippen LogP contribution in [0.5, 0.6) is 0 Å². The quantitative estimate of drug-likeness (QED) is 0.654. The molecule has 0 aliphatic carbocycles. The van der Waals surface area contributed by atoms with E-state index in [1.807, 2.05) is 0 Å². The lowest BCUT2D eigenvalue weighted by Gasteiger charge is -2.17. The van der Waals surface area contributed by atoms with Gasteiger partial charge in [0.25, 0.3) is 0 Å². The van der Waals surface area contributed by atoms with Crippen LogP contribution in [0.3, 0.4) is 0 Å². The molecule has 0 aliphatic rings. The normalized spacial score (nSPS) is 11.7. The SMILES string of the molecule is CCOC(=O)CN(C)S(=O)(=O)c1cc(N)c(C)c(Cl)c1. The summed E-state index contributed by atoms with van der Waals surface area (Å²) in [4.78, 5) is 11.3. The van der Waals surface area contributed by atoms with Crippen molar-refractivity contribution in [3.63, 3.8) is 0 Å². The molecule has 0 atom stereocenters. The fourth-order valence-electron chi connectivity index (χ4n) is 1.48. The van der Waals surface area contributed by atoms with E-state index in [0.29, 0.717) is 5.56 Å². The van der Waals surface area contributed by atoms with Crippen LogP contribution in [0.15, 0.2) is 17.0 Å². The topological polar surface area (TPSA) is 89.7 Å². The molecule has 1 rings (SSSR count). The van der Waals surface area contributed by atoms with Gasteiger partial charge in [-0.3, -0.25) is 4.79 Å². The van der Waals surface area contributed by atoms with Crippen LogP contribution in [-0.4, -0.2) is 38.9 Å². The van der Waals surface area contributed by atoms with Crippen LogP contribution in [0.2, 0.25) is 5.02 Å². The largest absolute Gasteiger partial charge is 0.465 e. The molecule has 1 aromatic carbocycles. The molecular formula is C12H17ClN2O4S. The van der Waals surface area contributed by atoms with Gasteiger partial charge in [0.05, 0.1) is 11.5 Å². The van der Waals surface area contributed by atoms with E-state index in [-0.39, 0.29) is 28.8 Å². The molecule has 0 aromatic heterocycles. The molecule has 112 valence electrons. The first-order valence-corrected chi connectivity index (χ1v) is 7.69. The molecular weight excluding hydrogens is 304 g/mol. The molecule has 0 spiro atoms. The zero-order valence-corrected chi connectivity index (χ0v) is 13.1. The Labute approximate surface area is 123 Å². The zero-order valence-electron chi connectivity index (χ0n) is 11.5. The highest BCUT2D eigenvalue weighted by molar-refractivity contribution is 7.89. The minimum absolute atomic E-state index is 0.0580. The molecule has 0 unspecified atom stereocenters. The average Bonchev–Trinajstić information content (AvgIpc) is 2.35. The van der Waals surface area contributed by atoms with Gasteiger partial charge in [0.1, 0.15) is 6.54 Å². The summed E-state index contributed by atoms with van der Waals surface area (Å²) in [5.74, 6) is -0.621. The van der Waals surface area contributed by atoms with Crippen molar-refractivity contribution < 1.29 is 17.9 Å². The maximum absolute atomic E-state index is 12.3. The van der Waals surface area contributed by atoms with Crippen LogP contribution in [0.1, 0.15) is 12.5 Å². The maximum atomic E-state index is 12.3. The first-order valence-electron chi connectivity index (χ1n) is 5.87. The van der Waals surface area contributed by atoms with Crippen molar-refractivity contribution in [3.8, 4) is 0 Å². The number of hydrogen-bond acceptors (Lipinski definition) is 5. The summed E-state index contributed by atoms with van der Waals surface area (Å²) >= 11 is 5.93. The number of likely N-dealkylation sites (N-methyl/N-ethyl adjacent to an activating group) is 1. The predicted octanol–water partition coefficient (Wildman–Crippen LogP) is 1.41. The fourth-order valence-corrected chi connectivity index (χ4v) is 2.95. The van der Waals surface area contributed by atoms with E-state index in [9.17, 15) is 13.2 Å². The summed E-state index contributed by atoms with van der Waals surface area (Å²) in [6.45, 7) is 3.15. The second kappa shape index (κ2) is 6.43. The number of hydrogen-bond donors (Lipinski definition) is 1. The predicted molar refractivity (Wildman–Crippen MR) is 77.1 cm³/mol. The van der Waals surface area contributed by atoms with Gasteiger partial charge in [-0.2, -0.15) is 4.31 Å². The molecule has 0 heterocycles. The summed E-state index contributed by atoms with van der Waals surface area (Å²) in [5, 5.41) is 0.258. The molecule has 0 bridgehead atoms. The van der Waals surface area contributed by atoms with Crippen LogP contribution < -0.4 is 5.73 Å². The van der Waals surface area contributed by atoms with Crippen molar-refractivity contribution in [2.75, 3.05) is 25.9 Å². The lowest BCUT2D eigenvalue weighted by molar-refractivity contribution is -0.143. The van der Waals surface area contributed by atoms with E-state index >= 15 is 0 Å². The number of ether oxygens (including phenoxy) is 1. The molecule has 6 nitrogen and oxygen atoms in total. The third kappa shape index (κ3) is 3.62. The second-order valence-electron chi connectivity index (χ2n) is 4.19. The van der Waals surface area contributed by atoms with Gasteiger partial charge >= 0.3 is 5.97 Å². The van der Waals surface area contributed by atoms with Crippen molar-refractivity contribution in [2.24, 2.45) is 0 Å². The second-order valence-corrected chi connectivity index (χ2v) is 6.64. The molecule has 20 heavy (non-hydrogen) atoms. The van der Waals surface area contributed by atoms with Gasteiger partial charge in [0.2, 0.25) is 10.0 Å². The highest BCUT2D eigenvalue weighted by atomic mass is 35.5. The van der Waals surface area contributed by atoms with E-state index in [2.05, 4.69) is 0 Å². The van der Waals surface area contributed by atoms with E-state index in [4.69, 9.17) is 22.1 Å². The van der Waals surface area contributed by atoms with E-state index in [1.165, 1.54) is 19.2 Å². The van der Waals surface area contributed by atoms with E-state index < -0.39 is 16.0 Å². The van der Waals surface area contributed by atoms with Gasteiger partial charge in [-0.05, 0) is 31.5 Å². The number of halogens is 1. The Hall–Kier alpha value is -1.31. The number of benzene rings is 1. The van der Waals surface area contributed by atoms with Crippen molar-refractivity contribution in [1.82, 2.24) is 4.31 Å². The smallest absolute Gasteiger partial charge is 0.321 e. The van der Waals surface area contributed by atoms with Crippen LogP contribution in [0, 0.1) is 6.92 Å². The molecule has 0 amide bonds. The Morgan fingerprint density at radius 1 is 1.45 bits per heavy atom. The first-order chi connectivity index (χ1) is 9.20. The summed E-state index contributed by atoms with van der Waals surface area (Å²) in [6, 6.07) is 2.63. The molecule has 0 aliphatic heterocycles. The number of anilines is 1. The van der Waals surface area contributed by atoms with Crippen LogP contribution in [0.4, 0.5) is 5.69 Å². The van der Waals surface area contributed by atoms with Crippen LogP contribution >= 0.6 is 11.6 Å². The minimum Gasteiger partial charge on any atom is -0.465 e. The summed E-state index contributed by atoms with van der Waals surface area (Å²) in [6.07, 6.45) is 0. The Morgan fingerprint density at radius 2 is 2.05 bits per heavy atom. The molecule has 1 aromatic rings. The van der Waals surface area contributed by atoms with Gasteiger partial charge in [0.15, 0.2) is 0 Å². The van der Waals surface area contributed by atoms with Gasteiger partial charge in [-0.1, -0.05) is 11.6 Å². The summed E-state index contributed by atoms with van der Waals surface area (Å²) < 4.78 is 30.2. The maximum Gasteiger partial charge on any atom is 0.321 e. The Bertz CT molecular complexity index is 593. The number of nitrogens with two attached hydrogens (primary N) is 1.